The first kappa shape index (κ1) is 11.0. The fraction of sp³-hybridized carbons (Fsp3) is 0.462. The third-order valence-corrected chi connectivity index (χ3v) is 3.03. The number of phenols is 1. The van der Waals surface area contributed by atoms with Gasteiger partial charge in [0.15, 0.2) is 0 Å². The van der Waals surface area contributed by atoms with Gasteiger partial charge in [-0.15, -0.1) is 0 Å². The Morgan fingerprint density at radius 3 is 2.56 bits per heavy atom. The molecule has 1 aromatic carbocycles. The van der Waals surface area contributed by atoms with Gasteiger partial charge in [-0.25, -0.2) is 0 Å². The van der Waals surface area contributed by atoms with Gasteiger partial charge in [-0.1, -0.05) is 6.07 Å². The summed E-state index contributed by atoms with van der Waals surface area (Å²) < 4.78 is 0. The van der Waals surface area contributed by atoms with Crippen molar-refractivity contribution in [3.05, 3.63) is 29.3 Å². The molecule has 0 unspecified atom stereocenters. The Kier molecular flexibility index (Phi) is 3.13. The van der Waals surface area contributed by atoms with Gasteiger partial charge in [0.2, 0.25) is 0 Å². The maximum Gasteiger partial charge on any atom is 0.257 e. The van der Waals surface area contributed by atoms with Gasteiger partial charge in [-0.3, -0.25) is 4.79 Å². The van der Waals surface area contributed by atoms with Crippen molar-refractivity contribution in [1.82, 2.24) is 4.90 Å². The molecule has 0 radical (unpaired) electrons. The smallest absolute Gasteiger partial charge is 0.257 e. The number of rotatable bonds is 1. The van der Waals surface area contributed by atoms with Gasteiger partial charge in [0.25, 0.3) is 5.91 Å². The number of hydrogen-bond donors (Lipinski definition) is 1. The summed E-state index contributed by atoms with van der Waals surface area (Å²) in [7, 11) is 0. The minimum atomic E-state index is -0.0443. The van der Waals surface area contributed by atoms with E-state index in [1.807, 2.05) is 17.9 Å². The largest absolute Gasteiger partial charge is 0.507 e. The average molecular weight is 219 g/mol. The van der Waals surface area contributed by atoms with Gasteiger partial charge in [0.05, 0.1) is 5.56 Å². The molecule has 2 rings (SSSR count). The molecule has 0 bridgehead atoms. The molecule has 1 fully saturated rings. The summed E-state index contributed by atoms with van der Waals surface area (Å²) in [6, 6.07) is 5.20. The van der Waals surface area contributed by atoms with Crippen LogP contribution in [0, 0.1) is 6.92 Å². The Labute approximate surface area is 95.7 Å². The van der Waals surface area contributed by atoms with Gasteiger partial charge in [-0.05, 0) is 43.9 Å². The molecule has 0 spiro atoms. The summed E-state index contributed by atoms with van der Waals surface area (Å²) in [5.74, 6) is 0.0489. The molecule has 1 aliphatic rings. The van der Waals surface area contributed by atoms with Gasteiger partial charge in [0.1, 0.15) is 5.75 Å². The van der Waals surface area contributed by atoms with Crippen molar-refractivity contribution in [2.45, 2.75) is 26.2 Å². The molecule has 86 valence electrons. The van der Waals surface area contributed by atoms with Crippen LogP contribution >= 0.6 is 0 Å². The lowest BCUT2D eigenvalue weighted by atomic mass is 10.1. The molecule has 0 aliphatic carbocycles. The summed E-state index contributed by atoms with van der Waals surface area (Å²) in [5, 5.41) is 9.74. The minimum absolute atomic E-state index is 0.0443. The van der Waals surface area contributed by atoms with Crippen molar-refractivity contribution in [1.29, 1.82) is 0 Å². The summed E-state index contributed by atoms with van der Waals surface area (Å²) in [6.07, 6.45) is 3.33. The number of hydrogen-bond acceptors (Lipinski definition) is 2. The lowest BCUT2D eigenvalue weighted by Crippen LogP contribution is -2.35. The molecule has 1 heterocycles. The van der Waals surface area contributed by atoms with E-state index in [0.717, 1.165) is 31.5 Å². The molecule has 1 amide bonds. The van der Waals surface area contributed by atoms with Crippen LogP contribution in [0.2, 0.25) is 0 Å². The van der Waals surface area contributed by atoms with Gasteiger partial charge >= 0.3 is 0 Å². The Morgan fingerprint density at radius 2 is 1.94 bits per heavy atom. The second kappa shape index (κ2) is 4.56. The van der Waals surface area contributed by atoms with E-state index in [9.17, 15) is 9.90 Å². The van der Waals surface area contributed by atoms with Crippen molar-refractivity contribution in [3.63, 3.8) is 0 Å². The molecule has 0 saturated carbocycles. The monoisotopic (exact) mass is 219 g/mol. The second-order valence-electron chi connectivity index (χ2n) is 4.37. The number of aromatic hydroxyl groups is 1. The van der Waals surface area contributed by atoms with E-state index < -0.39 is 0 Å². The van der Waals surface area contributed by atoms with Crippen LogP contribution in [0.3, 0.4) is 0 Å². The molecule has 16 heavy (non-hydrogen) atoms. The first-order valence-corrected chi connectivity index (χ1v) is 5.77. The number of benzene rings is 1. The highest BCUT2D eigenvalue weighted by Gasteiger charge is 2.20. The van der Waals surface area contributed by atoms with E-state index >= 15 is 0 Å². The average Bonchev–Trinajstić information content (AvgIpc) is 2.29. The van der Waals surface area contributed by atoms with Crippen molar-refractivity contribution < 1.29 is 9.90 Å². The number of nitrogens with zero attached hydrogens (tertiary/aromatic N) is 1. The highest BCUT2D eigenvalue weighted by molar-refractivity contribution is 5.96. The molecule has 1 aromatic rings. The van der Waals surface area contributed by atoms with Gasteiger partial charge < -0.3 is 10.0 Å². The molecule has 3 heteroatoms. The first-order valence-electron chi connectivity index (χ1n) is 5.77. The number of phenolic OH excluding ortho intramolecular Hbond substituents is 1. The predicted molar refractivity (Wildman–Crippen MR) is 62.6 cm³/mol. The predicted octanol–water partition coefficient (Wildman–Crippen LogP) is 2.33. The van der Waals surface area contributed by atoms with Crippen LogP contribution in [-0.2, 0) is 0 Å². The maximum absolute atomic E-state index is 12.1. The third kappa shape index (κ3) is 2.18. The molecular weight excluding hydrogens is 202 g/mol. The number of likely N-dealkylation sites (tertiary alicyclic amines) is 1. The highest BCUT2D eigenvalue weighted by atomic mass is 16.3. The van der Waals surface area contributed by atoms with Crippen LogP contribution in [0.5, 0.6) is 5.75 Å². The third-order valence-electron chi connectivity index (χ3n) is 3.03. The van der Waals surface area contributed by atoms with Crippen LogP contribution in [0.1, 0.15) is 35.2 Å². The summed E-state index contributed by atoms with van der Waals surface area (Å²) in [5.41, 5.74) is 1.39. The van der Waals surface area contributed by atoms with E-state index in [1.54, 1.807) is 12.1 Å². The molecule has 0 aromatic heterocycles. The maximum atomic E-state index is 12.1. The Hall–Kier alpha value is -1.51. The van der Waals surface area contributed by atoms with Crippen molar-refractivity contribution in [2.75, 3.05) is 13.1 Å². The van der Waals surface area contributed by atoms with Crippen LogP contribution < -0.4 is 0 Å². The Bertz CT molecular complexity index is 395. The zero-order chi connectivity index (χ0) is 11.5. The van der Waals surface area contributed by atoms with Crippen LogP contribution in [0.4, 0.5) is 0 Å². The molecule has 1 aliphatic heterocycles. The summed E-state index contributed by atoms with van der Waals surface area (Å²) in [4.78, 5) is 13.9. The summed E-state index contributed by atoms with van der Waals surface area (Å²) >= 11 is 0. The Morgan fingerprint density at radius 1 is 1.25 bits per heavy atom. The van der Waals surface area contributed by atoms with E-state index in [2.05, 4.69) is 0 Å². The first-order chi connectivity index (χ1) is 7.68. The van der Waals surface area contributed by atoms with Crippen molar-refractivity contribution in [3.8, 4) is 5.75 Å². The SMILES string of the molecule is Cc1ccc(C(=O)N2CCCCC2)c(O)c1. The van der Waals surface area contributed by atoms with Crippen LogP contribution in [0.25, 0.3) is 0 Å². The number of amides is 1. The second-order valence-corrected chi connectivity index (χ2v) is 4.37. The Balaban J connectivity index is 2.19. The number of aryl methyl sites for hydroxylation is 1. The van der Waals surface area contributed by atoms with Crippen LogP contribution in [0.15, 0.2) is 18.2 Å². The van der Waals surface area contributed by atoms with E-state index in [4.69, 9.17) is 0 Å². The highest BCUT2D eigenvalue weighted by Crippen LogP contribution is 2.21. The number of carbonyl (C=O) groups excluding carboxylic acids is 1. The van der Waals surface area contributed by atoms with Crippen LogP contribution in [-0.4, -0.2) is 29.0 Å². The standard InChI is InChI=1S/C13H17NO2/c1-10-5-6-11(12(15)9-10)13(16)14-7-3-2-4-8-14/h5-6,9,15H,2-4,7-8H2,1H3. The lowest BCUT2D eigenvalue weighted by Gasteiger charge is -2.27. The molecule has 0 atom stereocenters. The van der Waals surface area contributed by atoms with E-state index in [1.165, 1.54) is 6.42 Å². The number of carbonyl (C=O) groups is 1. The topological polar surface area (TPSA) is 40.5 Å². The van der Waals surface area contributed by atoms with Gasteiger partial charge in [-0.2, -0.15) is 0 Å². The minimum Gasteiger partial charge on any atom is -0.507 e. The quantitative estimate of drug-likeness (QED) is 0.787. The van der Waals surface area contributed by atoms with Gasteiger partial charge in [0, 0.05) is 13.1 Å². The molecule has 1 saturated heterocycles. The van der Waals surface area contributed by atoms with Crippen molar-refractivity contribution >= 4 is 5.91 Å². The zero-order valence-electron chi connectivity index (χ0n) is 9.57. The normalized spacial score (nSPS) is 16.2. The lowest BCUT2D eigenvalue weighted by molar-refractivity contribution is 0.0721. The molecular formula is C13H17NO2. The zero-order valence-corrected chi connectivity index (χ0v) is 9.57. The molecule has 1 N–H and O–H groups in total. The van der Waals surface area contributed by atoms with E-state index in [-0.39, 0.29) is 11.7 Å². The molecule has 3 nitrogen and oxygen atoms in total. The van der Waals surface area contributed by atoms with Crippen molar-refractivity contribution in [2.24, 2.45) is 0 Å². The number of piperidine rings is 1. The fourth-order valence-corrected chi connectivity index (χ4v) is 2.09. The van der Waals surface area contributed by atoms with E-state index in [0.29, 0.717) is 5.56 Å². The fourth-order valence-electron chi connectivity index (χ4n) is 2.09. The summed E-state index contributed by atoms with van der Waals surface area (Å²) in [6.45, 7) is 3.52.